The molecule has 0 radical (unpaired) electrons. The number of rotatable bonds is 7. The zero-order chi connectivity index (χ0) is 15.1. The summed E-state index contributed by atoms with van der Waals surface area (Å²) in [5.74, 6) is 0. The minimum atomic E-state index is 0.386. The second-order valence-corrected chi connectivity index (χ2v) is 5.83. The maximum absolute atomic E-state index is 5.99. The topological polar surface area (TPSA) is 12.0 Å². The third-order valence-electron chi connectivity index (χ3n) is 3.89. The molecule has 0 spiro atoms. The highest BCUT2D eigenvalue weighted by atomic mass is 35.5. The van der Waals surface area contributed by atoms with Crippen LogP contribution in [0.2, 0.25) is 5.02 Å². The SMILES string of the molecule is CCCC(NCc1ccccc1CC)c1ccc(Cl)cc1. The molecule has 0 fully saturated rings. The number of hydrogen-bond donors (Lipinski definition) is 1. The summed E-state index contributed by atoms with van der Waals surface area (Å²) in [7, 11) is 0. The first-order valence-corrected chi connectivity index (χ1v) is 8.18. The Hall–Kier alpha value is -1.31. The summed E-state index contributed by atoms with van der Waals surface area (Å²) < 4.78 is 0. The fourth-order valence-electron chi connectivity index (χ4n) is 2.68. The molecule has 0 heterocycles. The highest BCUT2D eigenvalue weighted by Crippen LogP contribution is 2.21. The summed E-state index contributed by atoms with van der Waals surface area (Å²) >= 11 is 5.99. The Bertz CT molecular complexity index is 548. The lowest BCUT2D eigenvalue weighted by atomic mass is 10.0. The molecule has 2 aromatic carbocycles. The van der Waals surface area contributed by atoms with Gasteiger partial charge in [0.25, 0.3) is 0 Å². The molecular weight excluding hydrogens is 278 g/mol. The fraction of sp³-hybridized carbons (Fsp3) is 0.368. The maximum Gasteiger partial charge on any atom is 0.0406 e. The quantitative estimate of drug-likeness (QED) is 0.708. The van der Waals surface area contributed by atoms with Crippen LogP contribution in [0.15, 0.2) is 48.5 Å². The van der Waals surface area contributed by atoms with Gasteiger partial charge < -0.3 is 5.32 Å². The number of hydrogen-bond acceptors (Lipinski definition) is 1. The Morgan fingerprint density at radius 2 is 1.62 bits per heavy atom. The minimum absolute atomic E-state index is 0.386. The van der Waals surface area contributed by atoms with Gasteiger partial charge in [-0.25, -0.2) is 0 Å². The largest absolute Gasteiger partial charge is 0.306 e. The molecule has 1 unspecified atom stereocenters. The lowest BCUT2D eigenvalue weighted by Gasteiger charge is -2.20. The zero-order valence-corrected chi connectivity index (χ0v) is 13.7. The van der Waals surface area contributed by atoms with Gasteiger partial charge in [-0.3, -0.25) is 0 Å². The predicted molar refractivity (Wildman–Crippen MR) is 91.8 cm³/mol. The highest BCUT2D eigenvalue weighted by Gasteiger charge is 2.10. The van der Waals surface area contributed by atoms with Gasteiger partial charge in [0.05, 0.1) is 0 Å². The van der Waals surface area contributed by atoms with Crippen molar-refractivity contribution in [2.75, 3.05) is 0 Å². The van der Waals surface area contributed by atoms with Crippen molar-refractivity contribution in [3.63, 3.8) is 0 Å². The molecule has 1 nitrogen and oxygen atoms in total. The lowest BCUT2D eigenvalue weighted by molar-refractivity contribution is 0.492. The molecule has 0 saturated heterocycles. The lowest BCUT2D eigenvalue weighted by Crippen LogP contribution is -2.21. The molecule has 0 saturated carbocycles. The van der Waals surface area contributed by atoms with Crippen LogP contribution in [0.5, 0.6) is 0 Å². The van der Waals surface area contributed by atoms with Gasteiger partial charge in [0.1, 0.15) is 0 Å². The Balaban J connectivity index is 2.08. The van der Waals surface area contributed by atoms with Gasteiger partial charge in [-0.1, -0.05) is 68.3 Å². The van der Waals surface area contributed by atoms with E-state index in [0.717, 1.165) is 30.8 Å². The third-order valence-corrected chi connectivity index (χ3v) is 4.14. The summed E-state index contributed by atoms with van der Waals surface area (Å²) in [6, 6.07) is 17.3. The van der Waals surface area contributed by atoms with Crippen LogP contribution in [0.4, 0.5) is 0 Å². The van der Waals surface area contributed by atoms with Crippen molar-refractivity contribution in [1.82, 2.24) is 5.32 Å². The van der Waals surface area contributed by atoms with Crippen LogP contribution in [-0.4, -0.2) is 0 Å². The van der Waals surface area contributed by atoms with E-state index in [9.17, 15) is 0 Å². The fourth-order valence-corrected chi connectivity index (χ4v) is 2.80. The van der Waals surface area contributed by atoms with Crippen molar-refractivity contribution in [3.8, 4) is 0 Å². The van der Waals surface area contributed by atoms with Gasteiger partial charge in [0.15, 0.2) is 0 Å². The summed E-state index contributed by atoms with van der Waals surface area (Å²) in [6.07, 6.45) is 3.38. The predicted octanol–water partition coefficient (Wildman–Crippen LogP) is 5.53. The molecule has 2 heteroatoms. The van der Waals surface area contributed by atoms with E-state index in [1.807, 2.05) is 12.1 Å². The molecule has 0 aliphatic rings. The summed E-state index contributed by atoms with van der Waals surface area (Å²) in [5.41, 5.74) is 4.14. The van der Waals surface area contributed by atoms with E-state index in [4.69, 9.17) is 11.6 Å². The number of halogens is 1. The molecule has 0 bridgehead atoms. The van der Waals surface area contributed by atoms with Gasteiger partial charge in [0, 0.05) is 17.6 Å². The van der Waals surface area contributed by atoms with Gasteiger partial charge in [-0.15, -0.1) is 0 Å². The van der Waals surface area contributed by atoms with Gasteiger partial charge in [-0.2, -0.15) is 0 Å². The number of nitrogens with one attached hydrogen (secondary N) is 1. The van der Waals surface area contributed by atoms with E-state index in [0.29, 0.717) is 6.04 Å². The van der Waals surface area contributed by atoms with Crippen LogP contribution >= 0.6 is 11.6 Å². The summed E-state index contributed by atoms with van der Waals surface area (Å²) in [4.78, 5) is 0. The van der Waals surface area contributed by atoms with E-state index in [1.54, 1.807) is 0 Å². The standard InChI is InChI=1S/C19H24ClN/c1-3-7-19(16-10-12-18(20)13-11-16)21-14-17-9-6-5-8-15(17)4-2/h5-6,8-13,19,21H,3-4,7,14H2,1-2H3. The Kier molecular flexibility index (Phi) is 6.28. The van der Waals surface area contributed by atoms with Crippen LogP contribution in [0, 0.1) is 0 Å². The Morgan fingerprint density at radius 3 is 2.24 bits per heavy atom. The molecule has 0 amide bonds. The summed E-state index contributed by atoms with van der Waals surface area (Å²) in [6.45, 7) is 5.35. The van der Waals surface area contributed by atoms with E-state index >= 15 is 0 Å². The van der Waals surface area contributed by atoms with Crippen LogP contribution < -0.4 is 5.32 Å². The van der Waals surface area contributed by atoms with Crippen molar-refractivity contribution < 1.29 is 0 Å². The first kappa shape index (κ1) is 16.1. The van der Waals surface area contributed by atoms with Gasteiger partial charge >= 0.3 is 0 Å². The maximum atomic E-state index is 5.99. The van der Waals surface area contributed by atoms with Gasteiger partial charge in [0.2, 0.25) is 0 Å². The highest BCUT2D eigenvalue weighted by molar-refractivity contribution is 6.30. The van der Waals surface area contributed by atoms with E-state index in [2.05, 4.69) is 55.6 Å². The van der Waals surface area contributed by atoms with Crippen LogP contribution in [-0.2, 0) is 13.0 Å². The number of aryl methyl sites for hydroxylation is 1. The van der Waals surface area contributed by atoms with Crippen molar-refractivity contribution in [3.05, 3.63) is 70.2 Å². The van der Waals surface area contributed by atoms with Crippen molar-refractivity contribution in [2.45, 2.75) is 45.7 Å². The molecule has 1 atom stereocenters. The molecule has 2 aromatic rings. The van der Waals surface area contributed by atoms with Crippen LogP contribution in [0.25, 0.3) is 0 Å². The van der Waals surface area contributed by atoms with Crippen molar-refractivity contribution in [1.29, 1.82) is 0 Å². The van der Waals surface area contributed by atoms with Crippen LogP contribution in [0.3, 0.4) is 0 Å². The first-order valence-electron chi connectivity index (χ1n) is 7.80. The smallest absolute Gasteiger partial charge is 0.0406 e. The Labute approximate surface area is 133 Å². The monoisotopic (exact) mass is 301 g/mol. The average molecular weight is 302 g/mol. The molecule has 112 valence electrons. The molecule has 21 heavy (non-hydrogen) atoms. The van der Waals surface area contributed by atoms with E-state index in [-0.39, 0.29) is 0 Å². The average Bonchev–Trinajstić information content (AvgIpc) is 2.52. The molecule has 0 aliphatic carbocycles. The van der Waals surface area contributed by atoms with Crippen molar-refractivity contribution >= 4 is 11.6 Å². The molecular formula is C19H24ClN. The first-order chi connectivity index (χ1) is 10.2. The number of benzene rings is 2. The van der Waals surface area contributed by atoms with E-state index in [1.165, 1.54) is 16.7 Å². The van der Waals surface area contributed by atoms with Gasteiger partial charge in [-0.05, 0) is 41.7 Å². The molecule has 0 aliphatic heterocycles. The normalized spacial score (nSPS) is 12.3. The van der Waals surface area contributed by atoms with Crippen molar-refractivity contribution in [2.24, 2.45) is 0 Å². The molecule has 1 N–H and O–H groups in total. The molecule has 0 aromatic heterocycles. The second-order valence-electron chi connectivity index (χ2n) is 5.40. The minimum Gasteiger partial charge on any atom is -0.306 e. The zero-order valence-electron chi connectivity index (χ0n) is 12.9. The van der Waals surface area contributed by atoms with E-state index < -0.39 is 0 Å². The second kappa shape index (κ2) is 8.21. The summed E-state index contributed by atoms with van der Waals surface area (Å²) in [5, 5.41) is 4.50. The Morgan fingerprint density at radius 1 is 0.952 bits per heavy atom. The van der Waals surface area contributed by atoms with Crippen LogP contribution in [0.1, 0.15) is 49.4 Å². The third kappa shape index (κ3) is 4.59. The molecule has 2 rings (SSSR count).